The molecule has 0 spiro atoms. The van der Waals surface area contributed by atoms with Gasteiger partial charge in [-0.15, -0.1) is 0 Å². The van der Waals surface area contributed by atoms with Gasteiger partial charge in [-0.1, -0.05) is 13.0 Å². The van der Waals surface area contributed by atoms with E-state index >= 15 is 0 Å². The van der Waals surface area contributed by atoms with Crippen LogP contribution < -0.4 is 0 Å². The van der Waals surface area contributed by atoms with E-state index in [1.54, 1.807) is 13.0 Å². The molecule has 2 heteroatoms. The smallest absolute Gasteiger partial charge is 0.123 e. The van der Waals surface area contributed by atoms with E-state index in [-0.39, 0.29) is 5.82 Å². The van der Waals surface area contributed by atoms with Crippen molar-refractivity contribution in [3.8, 4) is 0 Å². The van der Waals surface area contributed by atoms with E-state index in [1.165, 1.54) is 12.1 Å². The summed E-state index contributed by atoms with van der Waals surface area (Å²) in [7, 11) is 0. The van der Waals surface area contributed by atoms with Gasteiger partial charge in [-0.2, -0.15) is 0 Å². The minimum Gasteiger partial charge on any atom is -0.385 e. The average molecular weight is 182 g/mol. The maximum atomic E-state index is 12.8. The summed E-state index contributed by atoms with van der Waals surface area (Å²) >= 11 is 0. The van der Waals surface area contributed by atoms with Crippen LogP contribution in [0.4, 0.5) is 4.39 Å². The van der Waals surface area contributed by atoms with Crippen LogP contribution in [-0.2, 0) is 5.60 Å². The lowest BCUT2D eigenvalue weighted by molar-refractivity contribution is 0.0524. The van der Waals surface area contributed by atoms with Gasteiger partial charge in [0.25, 0.3) is 0 Å². The molecule has 1 aromatic carbocycles. The van der Waals surface area contributed by atoms with E-state index in [2.05, 4.69) is 0 Å². The lowest BCUT2D eigenvalue weighted by Crippen LogP contribution is -2.20. The first kappa shape index (κ1) is 10.2. The van der Waals surface area contributed by atoms with Crippen molar-refractivity contribution in [2.24, 2.45) is 0 Å². The molecule has 0 aliphatic rings. The van der Waals surface area contributed by atoms with Gasteiger partial charge in [0.05, 0.1) is 5.60 Å². The number of aryl methyl sites for hydroxylation is 1. The zero-order valence-corrected chi connectivity index (χ0v) is 8.26. The Morgan fingerprint density at radius 1 is 1.46 bits per heavy atom. The van der Waals surface area contributed by atoms with Gasteiger partial charge in [-0.3, -0.25) is 0 Å². The minimum atomic E-state index is -0.849. The molecule has 0 heterocycles. The van der Waals surface area contributed by atoms with Crippen molar-refractivity contribution < 1.29 is 9.50 Å². The van der Waals surface area contributed by atoms with Gasteiger partial charge in [-0.05, 0) is 43.5 Å². The van der Waals surface area contributed by atoms with Crippen molar-refractivity contribution in [1.82, 2.24) is 0 Å². The molecular formula is C11H15FO. The van der Waals surface area contributed by atoms with Gasteiger partial charge in [-0.25, -0.2) is 4.39 Å². The van der Waals surface area contributed by atoms with Crippen molar-refractivity contribution >= 4 is 0 Å². The average Bonchev–Trinajstić information content (AvgIpc) is 2.03. The number of rotatable bonds is 2. The van der Waals surface area contributed by atoms with Gasteiger partial charge >= 0.3 is 0 Å². The summed E-state index contributed by atoms with van der Waals surface area (Å²) in [5.41, 5.74) is 0.751. The fraction of sp³-hybridized carbons (Fsp3) is 0.455. The van der Waals surface area contributed by atoms with Crippen LogP contribution in [0.25, 0.3) is 0 Å². The maximum absolute atomic E-state index is 12.8. The third-order valence-electron chi connectivity index (χ3n) is 2.46. The Bertz CT molecular complexity index is 305. The van der Waals surface area contributed by atoms with Crippen LogP contribution >= 0.6 is 0 Å². The SMILES string of the molecule is CCC(C)(O)c1ccc(F)cc1C. The van der Waals surface area contributed by atoms with Crippen LogP contribution in [0.15, 0.2) is 18.2 Å². The highest BCUT2D eigenvalue weighted by molar-refractivity contribution is 5.31. The molecule has 1 unspecified atom stereocenters. The molecule has 0 aliphatic heterocycles. The quantitative estimate of drug-likeness (QED) is 0.745. The van der Waals surface area contributed by atoms with E-state index in [0.29, 0.717) is 6.42 Å². The summed E-state index contributed by atoms with van der Waals surface area (Å²) in [6.45, 7) is 5.46. The topological polar surface area (TPSA) is 20.2 Å². The highest BCUT2D eigenvalue weighted by Gasteiger charge is 2.22. The first-order valence-corrected chi connectivity index (χ1v) is 4.46. The summed E-state index contributed by atoms with van der Waals surface area (Å²) in [6, 6.07) is 4.47. The van der Waals surface area contributed by atoms with Gasteiger partial charge < -0.3 is 5.11 Å². The highest BCUT2D eigenvalue weighted by atomic mass is 19.1. The molecule has 0 bridgehead atoms. The Hall–Kier alpha value is -0.890. The predicted molar refractivity (Wildman–Crippen MR) is 51.0 cm³/mol. The van der Waals surface area contributed by atoms with Crippen LogP contribution in [-0.4, -0.2) is 5.11 Å². The van der Waals surface area contributed by atoms with Gasteiger partial charge in [0.2, 0.25) is 0 Å². The van der Waals surface area contributed by atoms with Gasteiger partial charge in [0.15, 0.2) is 0 Å². The van der Waals surface area contributed by atoms with Crippen LogP contribution in [0, 0.1) is 12.7 Å². The number of halogens is 1. The number of hydrogen-bond donors (Lipinski definition) is 1. The number of benzene rings is 1. The number of aliphatic hydroxyl groups is 1. The van der Waals surface area contributed by atoms with Crippen molar-refractivity contribution in [1.29, 1.82) is 0 Å². The molecule has 1 aromatic rings. The Morgan fingerprint density at radius 2 is 2.08 bits per heavy atom. The minimum absolute atomic E-state index is 0.256. The second kappa shape index (κ2) is 3.46. The lowest BCUT2D eigenvalue weighted by atomic mass is 9.90. The first-order chi connectivity index (χ1) is 5.97. The van der Waals surface area contributed by atoms with E-state index in [0.717, 1.165) is 11.1 Å². The molecule has 0 saturated carbocycles. The molecule has 0 amide bonds. The Balaban J connectivity index is 3.16. The molecule has 1 nitrogen and oxygen atoms in total. The summed E-state index contributed by atoms with van der Waals surface area (Å²) < 4.78 is 12.8. The summed E-state index contributed by atoms with van der Waals surface area (Å²) in [4.78, 5) is 0. The van der Waals surface area contributed by atoms with Crippen LogP contribution in [0.5, 0.6) is 0 Å². The fourth-order valence-corrected chi connectivity index (χ4v) is 1.42. The standard InChI is InChI=1S/C11H15FO/c1-4-11(3,13)10-6-5-9(12)7-8(10)2/h5-7,13H,4H2,1-3H3. The lowest BCUT2D eigenvalue weighted by Gasteiger charge is -2.23. The van der Waals surface area contributed by atoms with E-state index < -0.39 is 5.60 Å². The van der Waals surface area contributed by atoms with Gasteiger partial charge in [0, 0.05) is 0 Å². The summed E-state index contributed by atoms with van der Waals surface area (Å²) in [5, 5.41) is 9.94. The second-order valence-electron chi connectivity index (χ2n) is 3.59. The van der Waals surface area contributed by atoms with Crippen LogP contribution in [0.1, 0.15) is 31.4 Å². The largest absolute Gasteiger partial charge is 0.385 e. The van der Waals surface area contributed by atoms with Crippen molar-refractivity contribution in [2.75, 3.05) is 0 Å². The highest BCUT2D eigenvalue weighted by Crippen LogP contribution is 2.27. The molecule has 0 aromatic heterocycles. The third kappa shape index (κ3) is 2.07. The molecule has 0 fully saturated rings. The summed E-state index contributed by atoms with van der Waals surface area (Å²) in [5.74, 6) is -0.256. The molecule has 1 N–H and O–H groups in total. The zero-order valence-electron chi connectivity index (χ0n) is 8.26. The van der Waals surface area contributed by atoms with Crippen LogP contribution in [0.2, 0.25) is 0 Å². The molecule has 1 atom stereocenters. The molecule has 0 saturated heterocycles. The Kier molecular flexibility index (Phi) is 2.71. The van der Waals surface area contributed by atoms with E-state index in [9.17, 15) is 9.50 Å². The molecule has 13 heavy (non-hydrogen) atoms. The van der Waals surface area contributed by atoms with Gasteiger partial charge in [0.1, 0.15) is 5.82 Å². The molecule has 0 radical (unpaired) electrons. The van der Waals surface area contributed by atoms with E-state index in [4.69, 9.17) is 0 Å². The van der Waals surface area contributed by atoms with Crippen molar-refractivity contribution in [3.05, 3.63) is 35.1 Å². The molecule has 72 valence electrons. The number of hydrogen-bond acceptors (Lipinski definition) is 1. The van der Waals surface area contributed by atoms with Crippen molar-refractivity contribution in [2.45, 2.75) is 32.8 Å². The van der Waals surface area contributed by atoms with Crippen molar-refractivity contribution in [3.63, 3.8) is 0 Å². The Morgan fingerprint density at radius 3 is 2.54 bits per heavy atom. The van der Waals surface area contributed by atoms with E-state index in [1.807, 2.05) is 13.8 Å². The molecular weight excluding hydrogens is 167 g/mol. The second-order valence-corrected chi connectivity index (χ2v) is 3.59. The third-order valence-corrected chi connectivity index (χ3v) is 2.46. The Labute approximate surface area is 78.2 Å². The monoisotopic (exact) mass is 182 g/mol. The normalized spacial score (nSPS) is 15.5. The first-order valence-electron chi connectivity index (χ1n) is 4.46. The maximum Gasteiger partial charge on any atom is 0.123 e. The molecule has 1 rings (SSSR count). The van der Waals surface area contributed by atoms with Crippen LogP contribution in [0.3, 0.4) is 0 Å². The zero-order chi connectivity index (χ0) is 10.1. The molecule has 0 aliphatic carbocycles. The fourth-order valence-electron chi connectivity index (χ4n) is 1.42. The predicted octanol–water partition coefficient (Wildman–Crippen LogP) is 2.75. The summed E-state index contributed by atoms with van der Waals surface area (Å²) in [6.07, 6.45) is 0.624.